The molecule has 0 radical (unpaired) electrons. The number of aromatic nitrogens is 6. The van der Waals surface area contributed by atoms with Crippen molar-refractivity contribution in [3.63, 3.8) is 0 Å². The number of alkyl halides is 3. The van der Waals surface area contributed by atoms with Crippen LogP contribution in [0.2, 0.25) is 0 Å². The Hall–Kier alpha value is -2.80. The van der Waals surface area contributed by atoms with E-state index in [0.29, 0.717) is 11.6 Å². The standard InChI is InChI=1S/C31H37F3N6.Pt/c1-4-6-8-10-20-30(21-11-9-7-5-2,25-14-12-16-28(35-25)39-22-18-24(3)37-39)26-15-13-17-29(36-26)40-23-19-27(38-40)31(32,33)34;/h12-19H,4-11,20-21H2,1-3H3;/q-2;+2. The van der Waals surface area contributed by atoms with Gasteiger partial charge in [-0.25, -0.2) is 0 Å². The van der Waals surface area contributed by atoms with Crippen molar-refractivity contribution in [1.82, 2.24) is 29.5 Å². The number of rotatable bonds is 14. The molecule has 0 amide bonds. The Morgan fingerprint density at radius 2 is 1.20 bits per heavy atom. The van der Waals surface area contributed by atoms with Gasteiger partial charge in [-0.3, -0.25) is 20.2 Å². The van der Waals surface area contributed by atoms with E-state index in [9.17, 15) is 13.2 Å². The molecule has 4 heterocycles. The van der Waals surface area contributed by atoms with Gasteiger partial charge in [-0.1, -0.05) is 109 Å². The van der Waals surface area contributed by atoms with E-state index in [4.69, 9.17) is 9.97 Å². The van der Waals surface area contributed by atoms with Gasteiger partial charge in [-0.05, 0) is 30.7 Å². The van der Waals surface area contributed by atoms with Gasteiger partial charge in [0.1, 0.15) is 0 Å². The van der Waals surface area contributed by atoms with Crippen LogP contribution in [0.1, 0.15) is 101 Å². The minimum Gasteiger partial charge on any atom is -0.343 e. The molecule has 0 aliphatic rings. The van der Waals surface area contributed by atoms with E-state index in [1.165, 1.54) is 0 Å². The van der Waals surface area contributed by atoms with Gasteiger partial charge in [-0.2, -0.15) is 13.2 Å². The van der Waals surface area contributed by atoms with Crippen molar-refractivity contribution in [2.75, 3.05) is 0 Å². The summed E-state index contributed by atoms with van der Waals surface area (Å²) in [5, 5.41) is 8.22. The molecule has 0 spiro atoms. The Bertz CT molecular complexity index is 1350. The Morgan fingerprint density at radius 3 is 1.63 bits per heavy atom. The summed E-state index contributed by atoms with van der Waals surface area (Å²) < 4.78 is 42.5. The fraction of sp³-hybridized carbons (Fsp3) is 0.484. The first-order valence-corrected chi connectivity index (χ1v) is 14.2. The summed E-state index contributed by atoms with van der Waals surface area (Å²) >= 11 is 0. The van der Waals surface area contributed by atoms with Gasteiger partial charge in [0, 0.05) is 11.4 Å². The van der Waals surface area contributed by atoms with E-state index in [-0.39, 0.29) is 21.1 Å². The van der Waals surface area contributed by atoms with Gasteiger partial charge < -0.3 is 9.36 Å². The van der Waals surface area contributed by atoms with Crippen LogP contribution in [0.25, 0.3) is 11.6 Å². The van der Waals surface area contributed by atoms with Gasteiger partial charge in [0.2, 0.25) is 0 Å². The second-order valence-electron chi connectivity index (χ2n) is 10.4. The van der Waals surface area contributed by atoms with E-state index in [1.807, 2.05) is 43.3 Å². The number of nitrogens with zero attached hydrogens (tertiary/aromatic N) is 6. The fourth-order valence-corrected chi connectivity index (χ4v) is 5.12. The summed E-state index contributed by atoms with van der Waals surface area (Å²) in [5.74, 6) is 0.968. The largest absolute Gasteiger partial charge is 2.00 e. The molecule has 41 heavy (non-hydrogen) atoms. The maximum Gasteiger partial charge on any atom is 2.00 e. The van der Waals surface area contributed by atoms with Gasteiger partial charge in [0.15, 0.2) is 0 Å². The first-order chi connectivity index (χ1) is 19.3. The number of hydrogen-bond donors (Lipinski definition) is 0. The molecule has 0 atom stereocenters. The quantitative estimate of drug-likeness (QED) is 0.0971. The first kappa shape index (κ1) is 32.7. The van der Waals surface area contributed by atoms with Gasteiger partial charge in [0.05, 0.1) is 22.7 Å². The van der Waals surface area contributed by atoms with Crippen LogP contribution in [-0.2, 0) is 32.7 Å². The average molecular weight is 746 g/mol. The van der Waals surface area contributed by atoms with Crippen molar-refractivity contribution < 1.29 is 34.2 Å². The molecule has 10 heteroatoms. The second kappa shape index (κ2) is 14.9. The molecule has 4 aromatic heterocycles. The zero-order valence-electron chi connectivity index (χ0n) is 23.8. The third kappa shape index (κ3) is 8.15. The van der Waals surface area contributed by atoms with Gasteiger partial charge >= 0.3 is 27.2 Å². The van der Waals surface area contributed by atoms with Crippen molar-refractivity contribution in [2.45, 2.75) is 96.6 Å². The Labute approximate surface area is 255 Å². The zero-order chi connectivity index (χ0) is 28.6. The summed E-state index contributed by atoms with van der Waals surface area (Å²) in [5.41, 5.74) is 0.978. The van der Waals surface area contributed by atoms with Crippen molar-refractivity contribution in [1.29, 1.82) is 0 Å². The van der Waals surface area contributed by atoms with Crippen LogP contribution in [0.5, 0.6) is 0 Å². The van der Waals surface area contributed by atoms with E-state index in [0.717, 1.165) is 92.0 Å². The van der Waals surface area contributed by atoms with Crippen LogP contribution in [0.3, 0.4) is 0 Å². The van der Waals surface area contributed by atoms with Crippen LogP contribution >= 0.6 is 0 Å². The van der Waals surface area contributed by atoms with E-state index < -0.39 is 17.3 Å². The molecule has 4 rings (SSSR count). The second-order valence-corrected chi connectivity index (χ2v) is 10.4. The number of aryl methyl sites for hydroxylation is 1. The van der Waals surface area contributed by atoms with Crippen LogP contribution in [0, 0.1) is 19.3 Å². The van der Waals surface area contributed by atoms with Crippen LogP contribution < -0.4 is 0 Å². The molecular weight excluding hydrogens is 708 g/mol. The van der Waals surface area contributed by atoms with Gasteiger partial charge in [0.25, 0.3) is 0 Å². The van der Waals surface area contributed by atoms with Crippen molar-refractivity contribution in [3.8, 4) is 11.6 Å². The van der Waals surface area contributed by atoms with Crippen LogP contribution in [0.4, 0.5) is 13.2 Å². The van der Waals surface area contributed by atoms with E-state index in [2.05, 4.69) is 36.4 Å². The normalized spacial score (nSPS) is 12.0. The minimum absolute atomic E-state index is 0. The van der Waals surface area contributed by atoms with E-state index in [1.54, 1.807) is 10.7 Å². The molecule has 0 saturated heterocycles. The molecular formula is C31H37F3N6Pt. The summed E-state index contributed by atoms with van der Waals surface area (Å²) in [4.78, 5) is 10.0. The van der Waals surface area contributed by atoms with Crippen molar-refractivity contribution in [3.05, 3.63) is 83.7 Å². The third-order valence-electron chi connectivity index (χ3n) is 7.27. The topological polar surface area (TPSA) is 61.4 Å². The summed E-state index contributed by atoms with van der Waals surface area (Å²) in [7, 11) is 0. The molecule has 4 aromatic rings. The molecule has 0 unspecified atom stereocenters. The maximum absolute atomic E-state index is 13.3. The molecule has 0 bridgehead atoms. The Balaban J connectivity index is 0.00000462. The Morgan fingerprint density at radius 1 is 0.683 bits per heavy atom. The maximum atomic E-state index is 13.3. The molecule has 0 aliphatic carbocycles. The van der Waals surface area contributed by atoms with Crippen LogP contribution in [0.15, 0.2) is 48.5 Å². The zero-order valence-corrected chi connectivity index (χ0v) is 26.1. The summed E-state index contributed by atoms with van der Waals surface area (Å²) in [6.45, 7) is 6.29. The van der Waals surface area contributed by atoms with Crippen molar-refractivity contribution in [2.24, 2.45) is 0 Å². The molecule has 0 saturated carbocycles. The summed E-state index contributed by atoms with van der Waals surface area (Å²) in [6, 6.07) is 14.1. The molecule has 222 valence electrons. The number of hydrogen-bond acceptors (Lipinski definition) is 4. The van der Waals surface area contributed by atoms with E-state index >= 15 is 0 Å². The van der Waals surface area contributed by atoms with Crippen LogP contribution in [-0.4, -0.2) is 29.5 Å². The number of pyridine rings is 2. The fourth-order valence-electron chi connectivity index (χ4n) is 5.12. The summed E-state index contributed by atoms with van der Waals surface area (Å²) in [6.07, 6.45) is 11.5. The SMILES string of the molecule is CCCCCCC(CCCCCC)(c1cccc(-n2[c-]cc(C)n2)n1)c1cccc(-n2[c-]cc(C(F)(F)F)n2)n1.[Pt+2]. The Kier molecular flexibility index (Phi) is 11.9. The monoisotopic (exact) mass is 745 g/mol. The molecule has 6 nitrogen and oxygen atoms in total. The number of halogens is 3. The predicted octanol–water partition coefficient (Wildman–Crippen LogP) is 8.00. The van der Waals surface area contributed by atoms with Crippen molar-refractivity contribution >= 4 is 0 Å². The third-order valence-corrected chi connectivity index (χ3v) is 7.27. The molecule has 0 aromatic carbocycles. The predicted molar refractivity (Wildman–Crippen MR) is 148 cm³/mol. The molecule has 0 aliphatic heterocycles. The first-order valence-electron chi connectivity index (χ1n) is 14.2. The van der Waals surface area contributed by atoms with Gasteiger partial charge in [-0.15, -0.1) is 12.1 Å². The average Bonchev–Trinajstić information content (AvgIpc) is 3.63. The molecule has 0 fully saturated rings. The number of unbranched alkanes of at least 4 members (excludes halogenated alkanes) is 6. The molecule has 0 N–H and O–H groups in total. The minimum atomic E-state index is -4.55. The smallest absolute Gasteiger partial charge is 0.343 e.